The first-order valence-electron chi connectivity index (χ1n) is 7.91. The summed E-state index contributed by atoms with van der Waals surface area (Å²) in [5.74, 6) is -0.364. The van der Waals surface area contributed by atoms with Gasteiger partial charge in [0.2, 0.25) is 17.7 Å². The van der Waals surface area contributed by atoms with Crippen LogP contribution in [0.3, 0.4) is 0 Å². The molecule has 0 aromatic heterocycles. The van der Waals surface area contributed by atoms with Crippen molar-refractivity contribution in [3.63, 3.8) is 0 Å². The molecule has 0 saturated carbocycles. The second-order valence-corrected chi connectivity index (χ2v) is 7.91. The molecule has 6 nitrogen and oxygen atoms in total. The van der Waals surface area contributed by atoms with Crippen LogP contribution in [-0.2, 0) is 14.4 Å². The first kappa shape index (κ1) is 19.7. The SMILES string of the molecule is CC(C)(CCl)C(=O)NCCNC(=O)C1CC(=O)N(C(C)(C)C)C1. The van der Waals surface area contributed by atoms with Gasteiger partial charge < -0.3 is 15.5 Å². The zero-order chi connectivity index (χ0) is 17.8. The van der Waals surface area contributed by atoms with Gasteiger partial charge in [-0.2, -0.15) is 0 Å². The zero-order valence-corrected chi connectivity index (χ0v) is 15.4. The van der Waals surface area contributed by atoms with E-state index in [9.17, 15) is 14.4 Å². The Morgan fingerprint density at radius 2 is 1.74 bits per heavy atom. The first-order valence-corrected chi connectivity index (χ1v) is 8.45. The highest BCUT2D eigenvalue weighted by Gasteiger charge is 2.39. The van der Waals surface area contributed by atoms with Gasteiger partial charge >= 0.3 is 0 Å². The van der Waals surface area contributed by atoms with E-state index in [1.54, 1.807) is 18.7 Å². The Kier molecular flexibility index (Phi) is 6.45. The maximum absolute atomic E-state index is 12.1. The van der Waals surface area contributed by atoms with Crippen molar-refractivity contribution < 1.29 is 14.4 Å². The van der Waals surface area contributed by atoms with E-state index in [1.807, 2.05) is 20.8 Å². The number of hydrogen-bond acceptors (Lipinski definition) is 3. The molecule has 1 atom stereocenters. The topological polar surface area (TPSA) is 78.5 Å². The Bertz CT molecular complexity index is 472. The molecule has 0 spiro atoms. The Hall–Kier alpha value is -1.30. The molecule has 1 fully saturated rings. The van der Waals surface area contributed by atoms with E-state index in [4.69, 9.17) is 11.6 Å². The number of rotatable bonds is 6. The standard InChI is InChI=1S/C16H28ClN3O3/c1-15(2,3)20-9-11(8-12(20)21)13(22)18-6-7-19-14(23)16(4,5)10-17/h11H,6-10H2,1-5H3,(H,18,22)(H,19,23). The highest BCUT2D eigenvalue weighted by atomic mass is 35.5. The van der Waals surface area contributed by atoms with E-state index in [0.29, 0.717) is 19.6 Å². The highest BCUT2D eigenvalue weighted by Crippen LogP contribution is 2.25. The number of carbonyl (C=O) groups is 3. The van der Waals surface area contributed by atoms with Crippen molar-refractivity contribution >= 4 is 29.3 Å². The van der Waals surface area contributed by atoms with Crippen LogP contribution in [0.4, 0.5) is 0 Å². The molecule has 1 heterocycles. The van der Waals surface area contributed by atoms with Gasteiger partial charge in [0.25, 0.3) is 0 Å². The molecule has 0 aliphatic carbocycles. The van der Waals surface area contributed by atoms with Crippen molar-refractivity contribution in [3.8, 4) is 0 Å². The van der Waals surface area contributed by atoms with Crippen LogP contribution in [0.1, 0.15) is 41.0 Å². The number of alkyl halides is 1. The highest BCUT2D eigenvalue weighted by molar-refractivity contribution is 6.19. The lowest BCUT2D eigenvalue weighted by Gasteiger charge is -2.31. The van der Waals surface area contributed by atoms with Gasteiger partial charge in [-0.05, 0) is 34.6 Å². The second-order valence-electron chi connectivity index (χ2n) is 7.64. The molecule has 0 aromatic rings. The molecule has 3 amide bonds. The summed E-state index contributed by atoms with van der Waals surface area (Å²) in [6.45, 7) is 10.5. The van der Waals surface area contributed by atoms with Crippen LogP contribution < -0.4 is 10.6 Å². The van der Waals surface area contributed by atoms with E-state index in [2.05, 4.69) is 10.6 Å². The lowest BCUT2D eigenvalue weighted by Crippen LogP contribution is -2.44. The van der Waals surface area contributed by atoms with Crippen molar-refractivity contribution in [1.29, 1.82) is 0 Å². The fourth-order valence-electron chi connectivity index (χ4n) is 2.34. The van der Waals surface area contributed by atoms with Crippen molar-refractivity contribution in [3.05, 3.63) is 0 Å². The number of amides is 3. The van der Waals surface area contributed by atoms with Gasteiger partial charge in [0.15, 0.2) is 0 Å². The molecule has 1 aliphatic heterocycles. The molecule has 7 heteroatoms. The zero-order valence-electron chi connectivity index (χ0n) is 14.7. The summed E-state index contributed by atoms with van der Waals surface area (Å²) in [6, 6.07) is 0. The van der Waals surface area contributed by atoms with Crippen molar-refractivity contribution in [2.24, 2.45) is 11.3 Å². The average molecular weight is 346 g/mol. The van der Waals surface area contributed by atoms with Gasteiger partial charge in [0.05, 0.1) is 11.3 Å². The Labute approximate surface area is 143 Å². The molecule has 1 unspecified atom stereocenters. The van der Waals surface area contributed by atoms with Crippen molar-refractivity contribution in [1.82, 2.24) is 15.5 Å². The van der Waals surface area contributed by atoms with Crippen molar-refractivity contribution in [2.45, 2.75) is 46.6 Å². The van der Waals surface area contributed by atoms with Crippen LogP contribution in [-0.4, -0.2) is 53.7 Å². The molecule has 0 bridgehead atoms. The van der Waals surface area contributed by atoms with Crippen LogP contribution in [0.25, 0.3) is 0 Å². The second kappa shape index (κ2) is 7.51. The van der Waals surface area contributed by atoms with E-state index in [-0.39, 0.29) is 41.5 Å². The summed E-state index contributed by atoms with van der Waals surface area (Å²) in [5.41, 5.74) is -0.899. The number of nitrogens with one attached hydrogen (secondary N) is 2. The molecule has 23 heavy (non-hydrogen) atoms. The predicted octanol–water partition coefficient (Wildman–Crippen LogP) is 1.13. The molecule has 1 aliphatic rings. The van der Waals surface area contributed by atoms with Crippen LogP contribution in [0.5, 0.6) is 0 Å². The van der Waals surface area contributed by atoms with E-state index < -0.39 is 5.41 Å². The quantitative estimate of drug-likeness (QED) is 0.559. The Morgan fingerprint density at radius 3 is 2.22 bits per heavy atom. The largest absolute Gasteiger partial charge is 0.354 e. The lowest BCUT2D eigenvalue weighted by atomic mass is 9.95. The fraction of sp³-hybridized carbons (Fsp3) is 0.812. The van der Waals surface area contributed by atoms with Gasteiger partial charge in [0, 0.05) is 37.5 Å². The minimum Gasteiger partial charge on any atom is -0.354 e. The fourth-order valence-corrected chi connectivity index (χ4v) is 2.46. The number of carbonyl (C=O) groups excluding carboxylic acids is 3. The minimum absolute atomic E-state index is 0.00909. The molecule has 0 radical (unpaired) electrons. The number of likely N-dealkylation sites (tertiary alicyclic amines) is 1. The molecule has 1 rings (SSSR count). The summed E-state index contributed by atoms with van der Waals surface area (Å²) < 4.78 is 0. The van der Waals surface area contributed by atoms with Gasteiger partial charge in [-0.1, -0.05) is 0 Å². The summed E-state index contributed by atoms with van der Waals surface area (Å²) in [7, 11) is 0. The van der Waals surface area contributed by atoms with Gasteiger partial charge in [0.1, 0.15) is 0 Å². The molecule has 0 aromatic carbocycles. The van der Waals surface area contributed by atoms with Crippen LogP contribution in [0.15, 0.2) is 0 Å². The third kappa shape index (κ3) is 5.37. The normalized spacial score (nSPS) is 19.0. The van der Waals surface area contributed by atoms with Gasteiger partial charge in [-0.15, -0.1) is 11.6 Å². The van der Waals surface area contributed by atoms with Crippen molar-refractivity contribution in [2.75, 3.05) is 25.5 Å². The van der Waals surface area contributed by atoms with E-state index in [0.717, 1.165) is 0 Å². The monoisotopic (exact) mass is 345 g/mol. The summed E-state index contributed by atoms with van der Waals surface area (Å²) in [6.07, 6.45) is 0.245. The smallest absolute Gasteiger partial charge is 0.226 e. The number of nitrogens with zero attached hydrogens (tertiary/aromatic N) is 1. The molecule has 2 N–H and O–H groups in total. The summed E-state index contributed by atoms with van der Waals surface area (Å²) >= 11 is 5.73. The Balaban J connectivity index is 2.36. The molecule has 1 saturated heterocycles. The minimum atomic E-state index is -0.628. The third-order valence-electron chi connectivity index (χ3n) is 3.96. The third-order valence-corrected chi connectivity index (χ3v) is 4.63. The number of halogens is 1. The molecular formula is C16H28ClN3O3. The van der Waals surface area contributed by atoms with Crippen LogP contribution in [0.2, 0.25) is 0 Å². The summed E-state index contributed by atoms with van der Waals surface area (Å²) in [5, 5.41) is 5.52. The van der Waals surface area contributed by atoms with Gasteiger partial charge in [-0.3, -0.25) is 14.4 Å². The average Bonchev–Trinajstić information content (AvgIpc) is 2.85. The molecule has 132 valence electrons. The number of hydrogen-bond donors (Lipinski definition) is 2. The van der Waals surface area contributed by atoms with E-state index >= 15 is 0 Å². The first-order chi connectivity index (χ1) is 10.5. The lowest BCUT2D eigenvalue weighted by molar-refractivity contribution is -0.132. The van der Waals surface area contributed by atoms with Crippen LogP contribution >= 0.6 is 11.6 Å². The maximum atomic E-state index is 12.1. The van der Waals surface area contributed by atoms with E-state index in [1.165, 1.54) is 0 Å². The summed E-state index contributed by atoms with van der Waals surface area (Å²) in [4.78, 5) is 37.7. The molecular weight excluding hydrogens is 318 g/mol. The maximum Gasteiger partial charge on any atom is 0.226 e. The predicted molar refractivity (Wildman–Crippen MR) is 90.1 cm³/mol. The van der Waals surface area contributed by atoms with Gasteiger partial charge in [-0.25, -0.2) is 0 Å². The Morgan fingerprint density at radius 1 is 1.17 bits per heavy atom. The van der Waals surface area contributed by atoms with Crippen LogP contribution in [0, 0.1) is 11.3 Å².